The molecule has 0 saturated carbocycles. The van der Waals surface area contributed by atoms with Gasteiger partial charge in [-0.15, -0.1) is 0 Å². The predicted molar refractivity (Wildman–Crippen MR) is 325 cm³/mol. The number of allylic oxidation sites excluding steroid dienone is 12. The van der Waals surface area contributed by atoms with Crippen LogP contribution in [0, 0.1) is 0 Å². The lowest BCUT2D eigenvalue weighted by Crippen LogP contribution is -2.30. The molecule has 1 atom stereocenters. The van der Waals surface area contributed by atoms with Gasteiger partial charge in [-0.2, -0.15) is 0 Å². The highest BCUT2D eigenvalue weighted by molar-refractivity contribution is 5.71. The van der Waals surface area contributed by atoms with Crippen LogP contribution in [0.25, 0.3) is 0 Å². The average molecular weight is 1050 g/mol. The second kappa shape index (κ2) is 63.4. The summed E-state index contributed by atoms with van der Waals surface area (Å²) in [4.78, 5) is 38.3. The molecule has 0 heterocycles. The van der Waals surface area contributed by atoms with Gasteiger partial charge in [-0.05, 0) is 89.9 Å². The maximum atomic E-state index is 12.9. The standard InChI is InChI=1S/C69H122O6/c1-4-7-10-13-16-19-22-25-27-29-31-33-34-36-37-39-41-44-47-50-53-56-59-62-68(71)74-65-66(64-73-67(70)61-58-55-52-49-46-43-24-21-18-15-12-9-6-3)75-69(72)63-60-57-54-51-48-45-42-40-38-35-32-30-28-26-23-20-17-14-11-8-5-2/h7,10,16,19,25,27,30-33,36-37,66H,4-6,8-9,11-15,17-18,20-24,26,28-29,34-35,38-65H2,1-3H3/b10-7-,19-16-,27-25-,32-30-,33-31-,37-36-. The fraction of sp³-hybridized carbons (Fsp3) is 0.783. The molecule has 0 aromatic carbocycles. The minimum absolute atomic E-state index is 0.0764. The van der Waals surface area contributed by atoms with E-state index in [2.05, 4.69) is 93.7 Å². The van der Waals surface area contributed by atoms with Gasteiger partial charge in [0.2, 0.25) is 0 Å². The number of carbonyl (C=O) groups is 3. The van der Waals surface area contributed by atoms with Crippen LogP contribution in [0.5, 0.6) is 0 Å². The fourth-order valence-corrected chi connectivity index (χ4v) is 9.35. The maximum Gasteiger partial charge on any atom is 0.306 e. The van der Waals surface area contributed by atoms with Gasteiger partial charge < -0.3 is 14.2 Å². The molecule has 0 N–H and O–H groups in total. The highest BCUT2D eigenvalue weighted by atomic mass is 16.6. The number of rotatable bonds is 59. The van der Waals surface area contributed by atoms with E-state index in [1.54, 1.807) is 0 Å². The first-order valence-electron chi connectivity index (χ1n) is 32.4. The number of ether oxygens (including phenoxy) is 3. The van der Waals surface area contributed by atoms with Crippen molar-refractivity contribution >= 4 is 17.9 Å². The van der Waals surface area contributed by atoms with Crippen LogP contribution in [0.4, 0.5) is 0 Å². The van der Waals surface area contributed by atoms with Gasteiger partial charge in [0.25, 0.3) is 0 Å². The molecule has 1 unspecified atom stereocenters. The third-order valence-electron chi connectivity index (χ3n) is 14.2. The van der Waals surface area contributed by atoms with Crippen molar-refractivity contribution in [2.24, 2.45) is 0 Å². The van der Waals surface area contributed by atoms with Crippen molar-refractivity contribution in [3.05, 3.63) is 72.9 Å². The summed E-state index contributed by atoms with van der Waals surface area (Å²) in [6.07, 6.45) is 81.9. The summed E-state index contributed by atoms with van der Waals surface area (Å²) in [5.41, 5.74) is 0. The SMILES string of the molecule is CC/C=C\C/C=C\C/C=C\C/C=C\C/C=C\CCCCCCCCCC(=O)OCC(COC(=O)CCCCCCCCCCCCCCC)OC(=O)CCCCCCCCCCC/C=C\CCCCCCCCCC. The lowest BCUT2D eigenvalue weighted by molar-refractivity contribution is -0.167. The van der Waals surface area contributed by atoms with E-state index in [0.29, 0.717) is 19.3 Å². The van der Waals surface area contributed by atoms with Crippen LogP contribution in [-0.2, 0) is 28.6 Å². The molecule has 75 heavy (non-hydrogen) atoms. The molecule has 0 rings (SSSR count). The largest absolute Gasteiger partial charge is 0.462 e. The molecule has 6 heteroatoms. The first-order valence-corrected chi connectivity index (χ1v) is 32.4. The van der Waals surface area contributed by atoms with Crippen molar-refractivity contribution in [1.29, 1.82) is 0 Å². The van der Waals surface area contributed by atoms with Gasteiger partial charge in [-0.25, -0.2) is 0 Å². The molecule has 0 aromatic heterocycles. The normalized spacial score (nSPS) is 12.5. The summed E-state index contributed by atoms with van der Waals surface area (Å²) < 4.78 is 16.9. The van der Waals surface area contributed by atoms with Crippen molar-refractivity contribution in [2.45, 2.75) is 335 Å². The quantitative estimate of drug-likeness (QED) is 0.0261. The summed E-state index contributed by atoms with van der Waals surface area (Å²) in [6, 6.07) is 0. The summed E-state index contributed by atoms with van der Waals surface area (Å²) in [6.45, 7) is 6.56. The summed E-state index contributed by atoms with van der Waals surface area (Å²) >= 11 is 0. The summed E-state index contributed by atoms with van der Waals surface area (Å²) in [5, 5.41) is 0. The minimum Gasteiger partial charge on any atom is -0.462 e. The van der Waals surface area contributed by atoms with Gasteiger partial charge in [0.1, 0.15) is 13.2 Å². The second-order valence-corrected chi connectivity index (χ2v) is 21.6. The number of hydrogen-bond acceptors (Lipinski definition) is 6. The van der Waals surface area contributed by atoms with Crippen molar-refractivity contribution in [2.75, 3.05) is 13.2 Å². The number of carbonyl (C=O) groups excluding carboxylic acids is 3. The molecular weight excluding hydrogens is 925 g/mol. The van der Waals surface area contributed by atoms with Crippen LogP contribution < -0.4 is 0 Å². The van der Waals surface area contributed by atoms with Crippen molar-refractivity contribution in [3.8, 4) is 0 Å². The Hall–Kier alpha value is -3.15. The average Bonchev–Trinajstić information content (AvgIpc) is 3.41. The molecule has 0 bridgehead atoms. The first-order chi connectivity index (χ1) is 37.0. The molecule has 0 aromatic rings. The topological polar surface area (TPSA) is 78.9 Å². The highest BCUT2D eigenvalue weighted by Crippen LogP contribution is 2.17. The Balaban J connectivity index is 4.34. The van der Waals surface area contributed by atoms with E-state index < -0.39 is 6.10 Å². The smallest absolute Gasteiger partial charge is 0.306 e. The molecule has 0 amide bonds. The van der Waals surface area contributed by atoms with Gasteiger partial charge in [-0.1, -0.05) is 293 Å². The van der Waals surface area contributed by atoms with Gasteiger partial charge in [0, 0.05) is 19.3 Å². The number of esters is 3. The molecule has 6 nitrogen and oxygen atoms in total. The lowest BCUT2D eigenvalue weighted by atomic mass is 10.0. The highest BCUT2D eigenvalue weighted by Gasteiger charge is 2.19. The fourth-order valence-electron chi connectivity index (χ4n) is 9.35. The molecule has 0 fully saturated rings. The lowest BCUT2D eigenvalue weighted by Gasteiger charge is -2.18. The van der Waals surface area contributed by atoms with E-state index in [-0.39, 0.29) is 31.1 Å². The van der Waals surface area contributed by atoms with E-state index in [1.807, 2.05) is 0 Å². The number of hydrogen-bond donors (Lipinski definition) is 0. The minimum atomic E-state index is -0.781. The Labute approximate surface area is 465 Å². The molecule has 0 aliphatic heterocycles. The van der Waals surface area contributed by atoms with E-state index in [4.69, 9.17) is 14.2 Å². The monoisotopic (exact) mass is 1050 g/mol. The Morgan fingerprint density at radius 2 is 0.520 bits per heavy atom. The Morgan fingerprint density at radius 1 is 0.280 bits per heavy atom. The third-order valence-corrected chi connectivity index (χ3v) is 14.2. The van der Waals surface area contributed by atoms with Crippen molar-refractivity contribution in [1.82, 2.24) is 0 Å². The van der Waals surface area contributed by atoms with Crippen molar-refractivity contribution in [3.63, 3.8) is 0 Å². The number of unbranched alkanes of at least 4 members (excludes halogenated alkanes) is 36. The molecule has 0 spiro atoms. The zero-order valence-corrected chi connectivity index (χ0v) is 49.8. The Morgan fingerprint density at radius 3 is 0.827 bits per heavy atom. The van der Waals surface area contributed by atoms with E-state index >= 15 is 0 Å². The molecule has 0 aliphatic carbocycles. The van der Waals surface area contributed by atoms with Crippen LogP contribution in [-0.4, -0.2) is 37.2 Å². The van der Waals surface area contributed by atoms with Gasteiger partial charge in [-0.3, -0.25) is 14.4 Å². The van der Waals surface area contributed by atoms with Crippen LogP contribution in [0.15, 0.2) is 72.9 Å². The van der Waals surface area contributed by atoms with Crippen LogP contribution in [0.3, 0.4) is 0 Å². The molecular formula is C69H122O6. The van der Waals surface area contributed by atoms with Gasteiger partial charge >= 0.3 is 17.9 Å². The maximum absolute atomic E-state index is 12.9. The van der Waals surface area contributed by atoms with Crippen LogP contribution in [0.2, 0.25) is 0 Å². The van der Waals surface area contributed by atoms with Gasteiger partial charge in [0.15, 0.2) is 6.10 Å². The molecule has 0 radical (unpaired) electrons. The molecule has 0 aliphatic rings. The molecule has 0 saturated heterocycles. The van der Waals surface area contributed by atoms with E-state index in [0.717, 1.165) is 96.3 Å². The van der Waals surface area contributed by atoms with Crippen molar-refractivity contribution < 1.29 is 28.6 Å². The second-order valence-electron chi connectivity index (χ2n) is 21.6. The van der Waals surface area contributed by atoms with Crippen LogP contribution in [0.1, 0.15) is 329 Å². The van der Waals surface area contributed by atoms with E-state index in [1.165, 1.54) is 193 Å². The van der Waals surface area contributed by atoms with Gasteiger partial charge in [0.05, 0.1) is 0 Å². The Kier molecular flexibility index (Phi) is 60.7. The van der Waals surface area contributed by atoms with E-state index in [9.17, 15) is 14.4 Å². The summed E-state index contributed by atoms with van der Waals surface area (Å²) in [7, 11) is 0. The summed E-state index contributed by atoms with van der Waals surface area (Å²) in [5.74, 6) is -0.873. The predicted octanol–water partition coefficient (Wildman–Crippen LogP) is 22.1. The Bertz CT molecular complexity index is 1390. The molecule has 434 valence electrons. The third kappa shape index (κ3) is 61.6. The zero-order chi connectivity index (χ0) is 54.3. The first kappa shape index (κ1) is 71.8. The van der Waals surface area contributed by atoms with Crippen LogP contribution >= 0.6 is 0 Å². The zero-order valence-electron chi connectivity index (χ0n) is 49.8.